The molecule has 0 spiro atoms. The maximum atomic E-state index is 13.6. The number of fused-ring (bicyclic) bond motifs is 1. The van der Waals surface area contributed by atoms with Gasteiger partial charge in [-0.2, -0.15) is 0 Å². The number of aromatic nitrogens is 1. The van der Waals surface area contributed by atoms with E-state index in [0.717, 1.165) is 38.0 Å². The number of alkyl carbamates (subject to hydrolysis) is 1. The summed E-state index contributed by atoms with van der Waals surface area (Å²) in [6, 6.07) is 5.05. The topological polar surface area (TPSA) is 138 Å². The monoisotopic (exact) mass is 521 g/mol. The molecular weight excluding hydrogens is 490 g/mol. The van der Waals surface area contributed by atoms with E-state index in [1.165, 1.54) is 19.2 Å². The summed E-state index contributed by atoms with van der Waals surface area (Å²) < 4.78 is 35.9. The first kappa shape index (κ1) is 26.0. The van der Waals surface area contributed by atoms with E-state index in [0.29, 0.717) is 18.8 Å². The number of nitrogens with zero attached hydrogens (tertiary/aromatic N) is 4. The molecule has 3 saturated heterocycles. The lowest BCUT2D eigenvalue weighted by Crippen LogP contribution is -2.58. The standard InChI is InChI=1S/C23H31N5O7S/c1-16(29)35-21-23(2,15-34-22(31)25-8-9-27-12-10-26(3)11-13-27)36(32,33)20-18(19(30)28(20)21)14-17-6-4-5-7-24-17/h4-7,14,20-21H,8-13,15H2,1-3H3,(H,25,31)/b18-14-/t20-,21+,23+/m1/s1. The maximum absolute atomic E-state index is 13.6. The number of likely N-dealkylation sites (N-methyl/N-ethyl adjacent to an activating group) is 1. The number of β-lactam (4-membered cyclic amide) rings is 1. The summed E-state index contributed by atoms with van der Waals surface area (Å²) in [6.07, 6.45) is 0.713. The van der Waals surface area contributed by atoms with Crippen LogP contribution >= 0.6 is 0 Å². The number of sulfone groups is 1. The lowest BCUT2D eigenvalue weighted by molar-refractivity contribution is -0.168. The summed E-state index contributed by atoms with van der Waals surface area (Å²) in [5.41, 5.74) is 0.440. The molecule has 3 aliphatic heterocycles. The zero-order valence-corrected chi connectivity index (χ0v) is 21.4. The van der Waals surface area contributed by atoms with E-state index < -0.39 is 50.8 Å². The molecule has 36 heavy (non-hydrogen) atoms. The highest BCUT2D eigenvalue weighted by molar-refractivity contribution is 7.94. The van der Waals surface area contributed by atoms with Gasteiger partial charge in [-0.1, -0.05) is 6.07 Å². The van der Waals surface area contributed by atoms with Crippen LogP contribution in [0.2, 0.25) is 0 Å². The molecule has 2 amide bonds. The van der Waals surface area contributed by atoms with E-state index >= 15 is 0 Å². The first-order chi connectivity index (χ1) is 17.0. The van der Waals surface area contributed by atoms with Crippen LogP contribution in [0, 0.1) is 0 Å². The first-order valence-corrected chi connectivity index (χ1v) is 13.3. The van der Waals surface area contributed by atoms with E-state index in [9.17, 15) is 22.8 Å². The molecule has 0 unspecified atom stereocenters. The number of hydrogen-bond acceptors (Lipinski definition) is 10. The second kappa shape index (κ2) is 10.1. The lowest BCUT2D eigenvalue weighted by atomic mass is 10.0. The van der Waals surface area contributed by atoms with Crippen molar-refractivity contribution in [1.82, 2.24) is 25.0 Å². The van der Waals surface area contributed by atoms with Gasteiger partial charge in [0.1, 0.15) is 6.61 Å². The number of nitrogens with one attached hydrogen (secondary N) is 1. The van der Waals surface area contributed by atoms with Gasteiger partial charge < -0.3 is 19.7 Å². The van der Waals surface area contributed by atoms with Crippen molar-refractivity contribution < 1.29 is 32.3 Å². The van der Waals surface area contributed by atoms with Gasteiger partial charge in [0.05, 0.1) is 11.3 Å². The number of piperazine rings is 1. The summed E-state index contributed by atoms with van der Waals surface area (Å²) in [5, 5.41) is 1.31. The van der Waals surface area contributed by atoms with Gasteiger partial charge in [0.2, 0.25) is 6.23 Å². The summed E-state index contributed by atoms with van der Waals surface area (Å²) in [7, 11) is -2.09. The van der Waals surface area contributed by atoms with Crippen LogP contribution in [-0.2, 0) is 28.9 Å². The van der Waals surface area contributed by atoms with Gasteiger partial charge in [0.25, 0.3) is 5.91 Å². The number of hydrogen-bond donors (Lipinski definition) is 1. The summed E-state index contributed by atoms with van der Waals surface area (Å²) in [5.74, 6) is -1.34. The highest BCUT2D eigenvalue weighted by atomic mass is 32.2. The molecule has 3 fully saturated rings. The fourth-order valence-electron chi connectivity index (χ4n) is 4.57. The van der Waals surface area contributed by atoms with E-state index in [-0.39, 0.29) is 5.57 Å². The SMILES string of the molecule is CC(=O)O[C@@H]1N2C(=O)/C(=C/c3ccccn3)[C@H]2S(=O)(=O)[C@@]1(C)COC(=O)NCCN1CCN(C)CC1. The Bertz CT molecular complexity index is 1150. The average molecular weight is 522 g/mol. The molecule has 1 aromatic rings. The fourth-order valence-corrected chi connectivity index (χ4v) is 6.76. The predicted molar refractivity (Wildman–Crippen MR) is 129 cm³/mol. The Morgan fingerprint density at radius 3 is 2.61 bits per heavy atom. The summed E-state index contributed by atoms with van der Waals surface area (Å²) in [4.78, 5) is 46.6. The first-order valence-electron chi connectivity index (χ1n) is 11.7. The van der Waals surface area contributed by atoms with Crippen LogP contribution in [0.15, 0.2) is 30.0 Å². The van der Waals surface area contributed by atoms with Crippen LogP contribution in [0.25, 0.3) is 6.08 Å². The van der Waals surface area contributed by atoms with Crippen molar-refractivity contribution in [1.29, 1.82) is 0 Å². The van der Waals surface area contributed by atoms with E-state index in [4.69, 9.17) is 9.47 Å². The van der Waals surface area contributed by atoms with Crippen LogP contribution in [0.1, 0.15) is 19.5 Å². The van der Waals surface area contributed by atoms with Crippen LogP contribution in [0.3, 0.4) is 0 Å². The van der Waals surface area contributed by atoms with Crippen LogP contribution in [-0.4, -0.2) is 115 Å². The minimum Gasteiger partial charge on any atom is -0.448 e. The van der Waals surface area contributed by atoms with E-state index in [1.807, 2.05) is 0 Å². The summed E-state index contributed by atoms with van der Waals surface area (Å²) >= 11 is 0. The molecule has 1 aromatic heterocycles. The quantitative estimate of drug-likeness (QED) is 0.289. The molecule has 1 N–H and O–H groups in total. The number of carbonyl (C=O) groups is 3. The lowest BCUT2D eigenvalue weighted by Gasteiger charge is -2.38. The second-order valence-electron chi connectivity index (χ2n) is 9.39. The molecule has 4 heterocycles. The van der Waals surface area contributed by atoms with Crippen LogP contribution < -0.4 is 5.32 Å². The van der Waals surface area contributed by atoms with Gasteiger partial charge in [-0.25, -0.2) is 13.2 Å². The molecule has 13 heteroatoms. The Morgan fingerprint density at radius 2 is 1.97 bits per heavy atom. The molecular formula is C23H31N5O7S. The van der Waals surface area contributed by atoms with Crippen molar-refractivity contribution in [3.8, 4) is 0 Å². The number of rotatable bonds is 7. The largest absolute Gasteiger partial charge is 0.448 e. The van der Waals surface area contributed by atoms with Crippen molar-refractivity contribution >= 4 is 33.9 Å². The zero-order valence-electron chi connectivity index (χ0n) is 20.5. The summed E-state index contributed by atoms with van der Waals surface area (Å²) in [6.45, 7) is 6.52. The highest BCUT2D eigenvalue weighted by Crippen LogP contribution is 2.49. The minimum atomic E-state index is -4.15. The minimum absolute atomic E-state index is 0.0196. The predicted octanol–water partition coefficient (Wildman–Crippen LogP) is -0.317. The molecule has 0 saturated carbocycles. The van der Waals surface area contributed by atoms with Gasteiger partial charge in [0.15, 0.2) is 20.0 Å². The molecule has 12 nitrogen and oxygen atoms in total. The van der Waals surface area contributed by atoms with Gasteiger partial charge in [0, 0.05) is 52.4 Å². The van der Waals surface area contributed by atoms with Gasteiger partial charge >= 0.3 is 12.1 Å². The van der Waals surface area contributed by atoms with Gasteiger partial charge in [-0.05, 0) is 32.2 Å². The number of esters is 1. The van der Waals surface area contributed by atoms with Crippen molar-refractivity contribution in [2.45, 2.75) is 30.2 Å². The molecule has 196 valence electrons. The molecule has 3 atom stereocenters. The van der Waals surface area contributed by atoms with Crippen molar-refractivity contribution in [2.24, 2.45) is 0 Å². The second-order valence-corrected chi connectivity index (χ2v) is 11.9. The normalized spacial score (nSPS) is 28.9. The third-order valence-electron chi connectivity index (χ3n) is 6.77. The maximum Gasteiger partial charge on any atom is 0.407 e. The Kier molecular flexibility index (Phi) is 7.34. The Labute approximate surface area is 210 Å². The number of carbonyl (C=O) groups excluding carboxylic acids is 3. The zero-order chi connectivity index (χ0) is 26.1. The van der Waals surface area contributed by atoms with E-state index in [2.05, 4.69) is 27.1 Å². The van der Waals surface area contributed by atoms with Crippen LogP contribution in [0.4, 0.5) is 4.79 Å². The Hall–Kier alpha value is -3.03. The Balaban J connectivity index is 1.45. The third kappa shape index (κ3) is 4.82. The molecule has 0 radical (unpaired) electrons. The third-order valence-corrected chi connectivity index (χ3v) is 9.46. The van der Waals surface area contributed by atoms with Gasteiger partial charge in [-0.15, -0.1) is 0 Å². The number of amides is 2. The molecule has 0 aliphatic carbocycles. The van der Waals surface area contributed by atoms with Crippen molar-refractivity contribution in [2.75, 3.05) is 52.9 Å². The smallest absolute Gasteiger partial charge is 0.407 e. The van der Waals surface area contributed by atoms with Crippen LogP contribution in [0.5, 0.6) is 0 Å². The number of ether oxygens (including phenoxy) is 2. The fraction of sp³-hybridized carbons (Fsp3) is 0.565. The molecule has 3 aliphatic rings. The van der Waals surface area contributed by atoms with Gasteiger partial charge in [-0.3, -0.25) is 24.4 Å². The molecule has 0 bridgehead atoms. The van der Waals surface area contributed by atoms with E-state index in [1.54, 1.807) is 18.2 Å². The number of pyridine rings is 1. The Morgan fingerprint density at radius 1 is 1.25 bits per heavy atom. The highest BCUT2D eigenvalue weighted by Gasteiger charge is 2.72. The van der Waals surface area contributed by atoms with Crippen molar-refractivity contribution in [3.63, 3.8) is 0 Å². The molecule has 0 aromatic carbocycles. The average Bonchev–Trinajstić information content (AvgIpc) is 2.98. The molecule has 4 rings (SSSR count). The van der Waals surface area contributed by atoms with Crippen molar-refractivity contribution in [3.05, 3.63) is 35.7 Å².